The first-order valence-corrected chi connectivity index (χ1v) is 9.62. The van der Waals surface area contributed by atoms with Crippen LogP contribution in [0.3, 0.4) is 0 Å². The Kier molecular flexibility index (Phi) is 7.26. The van der Waals surface area contributed by atoms with Gasteiger partial charge in [-0.05, 0) is 74.2 Å². The third-order valence-corrected chi connectivity index (χ3v) is 4.79. The molecule has 1 aliphatic rings. The normalized spacial score (nSPS) is 13.2. The maximum Gasteiger partial charge on any atom is 0.265 e. The van der Waals surface area contributed by atoms with E-state index in [0.717, 1.165) is 36.4 Å². The van der Waals surface area contributed by atoms with Crippen LogP contribution in [-0.4, -0.2) is 30.5 Å². The van der Waals surface area contributed by atoms with Crippen LogP contribution in [0.25, 0.3) is 0 Å². The lowest BCUT2D eigenvalue weighted by Gasteiger charge is -2.18. The fraction of sp³-hybridized carbons (Fsp3) is 0.381. The van der Waals surface area contributed by atoms with Crippen molar-refractivity contribution in [3.05, 3.63) is 53.3 Å². The molecule has 0 spiro atoms. The summed E-state index contributed by atoms with van der Waals surface area (Å²) in [7, 11) is 0. The molecule has 1 unspecified atom stereocenters. The lowest BCUT2D eigenvalue weighted by Crippen LogP contribution is -2.38. The van der Waals surface area contributed by atoms with Gasteiger partial charge in [-0.1, -0.05) is 6.07 Å². The Bertz CT molecular complexity index is 847. The zero-order valence-electron chi connectivity index (χ0n) is 16.3. The van der Waals surface area contributed by atoms with E-state index in [1.165, 1.54) is 6.07 Å². The van der Waals surface area contributed by atoms with Crippen LogP contribution >= 0.6 is 0 Å². The summed E-state index contributed by atoms with van der Waals surface area (Å²) in [6.45, 7) is 3.43. The van der Waals surface area contributed by atoms with E-state index >= 15 is 0 Å². The molecule has 0 fully saturated rings. The van der Waals surface area contributed by atoms with E-state index in [9.17, 15) is 9.18 Å². The van der Waals surface area contributed by atoms with Gasteiger partial charge in [0.25, 0.3) is 5.91 Å². The van der Waals surface area contributed by atoms with E-state index in [0.29, 0.717) is 24.2 Å². The van der Waals surface area contributed by atoms with E-state index in [-0.39, 0.29) is 12.6 Å². The van der Waals surface area contributed by atoms with Crippen molar-refractivity contribution in [2.45, 2.75) is 38.8 Å². The Balaban J connectivity index is 1.40. The minimum atomic E-state index is -0.598. The van der Waals surface area contributed by atoms with Crippen LogP contribution in [0.1, 0.15) is 30.4 Å². The number of amides is 1. The van der Waals surface area contributed by atoms with Crippen LogP contribution in [0.15, 0.2) is 36.4 Å². The van der Waals surface area contributed by atoms with Crippen LogP contribution < -0.4 is 25.6 Å². The third-order valence-electron chi connectivity index (χ3n) is 4.79. The molecule has 0 aromatic heterocycles. The molecule has 0 aliphatic carbocycles. The molecule has 2 aromatic rings. The Morgan fingerprint density at radius 1 is 1.17 bits per heavy atom. The van der Waals surface area contributed by atoms with Crippen molar-refractivity contribution in [2.24, 2.45) is 0 Å². The van der Waals surface area contributed by atoms with Crippen LogP contribution in [-0.2, 0) is 11.3 Å². The van der Waals surface area contributed by atoms with E-state index in [1.54, 1.807) is 24.5 Å². The van der Waals surface area contributed by atoms with Gasteiger partial charge in [-0.15, -0.1) is 0 Å². The topological polar surface area (TPSA) is 91.8 Å². The number of ether oxygens (including phenoxy) is 2. The summed E-state index contributed by atoms with van der Waals surface area (Å²) in [5.74, 6) is 0.725. The van der Waals surface area contributed by atoms with Crippen molar-refractivity contribution in [1.82, 2.24) is 10.8 Å². The minimum absolute atomic E-state index is 0.264. The first-order chi connectivity index (χ1) is 14.1. The predicted molar refractivity (Wildman–Crippen MR) is 107 cm³/mol. The molecule has 0 saturated heterocycles. The molecule has 2 aromatic carbocycles. The van der Waals surface area contributed by atoms with Gasteiger partial charge in [-0.3, -0.25) is 10.0 Å². The van der Waals surface area contributed by atoms with Crippen LogP contribution in [0.5, 0.6) is 11.5 Å². The highest BCUT2D eigenvalue weighted by atomic mass is 19.1. The number of aryl methyl sites for hydroxylation is 1. The van der Waals surface area contributed by atoms with Gasteiger partial charge in [0.05, 0.1) is 0 Å². The summed E-state index contributed by atoms with van der Waals surface area (Å²) >= 11 is 0. The zero-order chi connectivity index (χ0) is 20.6. The number of halogens is 1. The number of rotatable bonds is 10. The molecule has 1 heterocycles. The van der Waals surface area contributed by atoms with Crippen molar-refractivity contribution >= 4 is 11.6 Å². The number of benzene rings is 2. The average Bonchev–Trinajstić information content (AvgIpc) is 3.19. The Hall–Kier alpha value is -2.84. The SMILES string of the molecule is Cc1cc(NC(CCCCNCc2ccc3c(c2)OCO3)C(=O)NO)ccc1F. The van der Waals surface area contributed by atoms with Gasteiger partial charge < -0.3 is 20.1 Å². The first-order valence-electron chi connectivity index (χ1n) is 9.62. The molecule has 0 radical (unpaired) electrons. The second-order valence-electron chi connectivity index (χ2n) is 7.00. The van der Waals surface area contributed by atoms with Crippen LogP contribution in [0.4, 0.5) is 10.1 Å². The van der Waals surface area contributed by atoms with Crippen molar-refractivity contribution < 1.29 is 23.9 Å². The fourth-order valence-electron chi connectivity index (χ4n) is 3.16. The molecule has 0 saturated carbocycles. The number of fused-ring (bicyclic) bond motifs is 1. The number of hydrogen-bond acceptors (Lipinski definition) is 6. The Labute approximate surface area is 169 Å². The van der Waals surface area contributed by atoms with Gasteiger partial charge in [-0.2, -0.15) is 0 Å². The van der Waals surface area contributed by atoms with Gasteiger partial charge in [0.15, 0.2) is 11.5 Å². The predicted octanol–water partition coefficient (Wildman–Crippen LogP) is 3.11. The molecule has 4 N–H and O–H groups in total. The fourth-order valence-corrected chi connectivity index (χ4v) is 3.16. The average molecular weight is 403 g/mol. The molecule has 1 amide bonds. The van der Waals surface area contributed by atoms with Crippen molar-refractivity contribution in [3.8, 4) is 11.5 Å². The summed E-state index contributed by atoms with van der Waals surface area (Å²) in [4.78, 5) is 11.9. The Morgan fingerprint density at radius 3 is 2.79 bits per heavy atom. The molecule has 29 heavy (non-hydrogen) atoms. The summed E-state index contributed by atoms with van der Waals surface area (Å²) in [6, 6.07) is 9.83. The highest BCUT2D eigenvalue weighted by Crippen LogP contribution is 2.32. The van der Waals surface area contributed by atoms with Crippen LogP contribution in [0.2, 0.25) is 0 Å². The molecular weight excluding hydrogens is 377 g/mol. The van der Waals surface area contributed by atoms with E-state index in [2.05, 4.69) is 10.6 Å². The molecule has 0 bridgehead atoms. The lowest BCUT2D eigenvalue weighted by molar-refractivity contribution is -0.130. The van der Waals surface area contributed by atoms with Gasteiger partial charge >= 0.3 is 0 Å². The highest BCUT2D eigenvalue weighted by molar-refractivity contribution is 5.83. The third kappa shape index (κ3) is 5.82. The highest BCUT2D eigenvalue weighted by Gasteiger charge is 2.18. The summed E-state index contributed by atoms with van der Waals surface area (Å²) < 4.78 is 24.1. The van der Waals surface area contributed by atoms with Gasteiger partial charge in [0.2, 0.25) is 6.79 Å². The maximum atomic E-state index is 13.4. The largest absolute Gasteiger partial charge is 0.454 e. The zero-order valence-corrected chi connectivity index (χ0v) is 16.3. The quantitative estimate of drug-likeness (QED) is 0.277. The summed E-state index contributed by atoms with van der Waals surface area (Å²) in [5, 5.41) is 15.4. The number of unbranched alkanes of at least 4 members (excludes halogenated alkanes) is 1. The summed E-state index contributed by atoms with van der Waals surface area (Å²) in [6.07, 6.45) is 2.18. The second kappa shape index (κ2) is 10.1. The van der Waals surface area contributed by atoms with E-state index in [4.69, 9.17) is 14.7 Å². The van der Waals surface area contributed by atoms with Crippen LogP contribution in [0, 0.1) is 12.7 Å². The number of hydroxylamine groups is 1. The number of hydrogen-bond donors (Lipinski definition) is 4. The Morgan fingerprint density at radius 2 is 2.00 bits per heavy atom. The molecule has 156 valence electrons. The lowest BCUT2D eigenvalue weighted by atomic mass is 10.1. The molecule has 1 atom stereocenters. The molecular formula is C21H26FN3O4. The molecule has 7 nitrogen and oxygen atoms in total. The van der Waals surface area contributed by atoms with E-state index in [1.807, 2.05) is 18.2 Å². The number of carbonyl (C=O) groups excluding carboxylic acids is 1. The van der Waals surface area contributed by atoms with Gasteiger partial charge in [0.1, 0.15) is 11.9 Å². The van der Waals surface area contributed by atoms with Crippen molar-refractivity contribution in [1.29, 1.82) is 0 Å². The van der Waals surface area contributed by atoms with Crippen molar-refractivity contribution in [2.75, 3.05) is 18.7 Å². The first kappa shape index (κ1) is 20.9. The molecule has 8 heteroatoms. The van der Waals surface area contributed by atoms with Gasteiger partial charge in [0, 0.05) is 12.2 Å². The smallest absolute Gasteiger partial charge is 0.265 e. The summed E-state index contributed by atoms with van der Waals surface area (Å²) in [5.41, 5.74) is 3.93. The standard InChI is InChI=1S/C21H26FN3O4/c1-14-10-16(6-7-17(14)22)24-18(21(26)25-27)4-2-3-9-23-12-15-5-8-19-20(11-15)29-13-28-19/h5-8,10-11,18,23-24,27H,2-4,9,12-13H2,1H3,(H,25,26). The van der Waals surface area contributed by atoms with Crippen molar-refractivity contribution in [3.63, 3.8) is 0 Å². The van der Waals surface area contributed by atoms with E-state index < -0.39 is 11.9 Å². The minimum Gasteiger partial charge on any atom is -0.454 e. The second-order valence-corrected chi connectivity index (χ2v) is 7.00. The molecule has 3 rings (SSSR count). The number of anilines is 1. The molecule has 1 aliphatic heterocycles. The van der Waals surface area contributed by atoms with Gasteiger partial charge in [-0.25, -0.2) is 9.87 Å². The number of carbonyl (C=O) groups is 1. The monoisotopic (exact) mass is 403 g/mol. The maximum absolute atomic E-state index is 13.4. The number of nitrogens with one attached hydrogen (secondary N) is 3.